The molecule has 0 aliphatic carbocycles. The number of urea groups is 1. The Kier molecular flexibility index (Phi) is 14.0. The molecule has 0 saturated carbocycles. The fourth-order valence-electron chi connectivity index (χ4n) is 3.12. The average Bonchev–Trinajstić information content (AvgIpc) is 2.77. The molecule has 34 heavy (non-hydrogen) atoms. The first-order valence-electron chi connectivity index (χ1n) is 11.3. The Hall–Kier alpha value is -2.53. The Bertz CT molecular complexity index is 716. The molecule has 2 amide bonds. The summed E-state index contributed by atoms with van der Waals surface area (Å²) in [6.45, 7) is 3.46. The lowest BCUT2D eigenvalue weighted by Gasteiger charge is -2.23. The fourth-order valence-corrected chi connectivity index (χ4v) is 3.12. The van der Waals surface area contributed by atoms with Crippen molar-refractivity contribution < 1.29 is 42.1 Å². The van der Waals surface area contributed by atoms with Gasteiger partial charge in [-0.1, -0.05) is 18.6 Å². The van der Waals surface area contributed by atoms with Gasteiger partial charge in [0.05, 0.1) is 13.2 Å². The summed E-state index contributed by atoms with van der Waals surface area (Å²) in [6.07, 6.45) is -4.85. The Labute approximate surface area is 198 Å². The van der Waals surface area contributed by atoms with Crippen molar-refractivity contribution >= 4 is 12.0 Å². The van der Waals surface area contributed by atoms with Gasteiger partial charge in [-0.15, -0.1) is 0 Å². The van der Waals surface area contributed by atoms with Crippen LogP contribution in [0.3, 0.4) is 0 Å². The number of hydrogen-bond acceptors (Lipinski definition) is 5. The lowest BCUT2D eigenvalue weighted by Crippen LogP contribution is -2.43. The predicted octanol–water partition coefficient (Wildman–Crippen LogP) is 3.88. The van der Waals surface area contributed by atoms with E-state index in [9.17, 15) is 27.9 Å². The van der Waals surface area contributed by atoms with Crippen molar-refractivity contribution in [2.45, 2.75) is 51.3 Å². The number of nitrogens with zero attached hydrogens (tertiary/aromatic N) is 1. The average molecular weight is 493 g/mol. The maximum atomic E-state index is 12.4. The van der Waals surface area contributed by atoms with Gasteiger partial charge < -0.3 is 29.5 Å². The van der Waals surface area contributed by atoms with Gasteiger partial charge in [0, 0.05) is 39.6 Å². The van der Waals surface area contributed by atoms with E-state index in [4.69, 9.17) is 14.2 Å². The summed E-state index contributed by atoms with van der Waals surface area (Å²) >= 11 is 0. The van der Waals surface area contributed by atoms with Gasteiger partial charge in [-0.05, 0) is 37.5 Å². The predicted molar refractivity (Wildman–Crippen MR) is 120 cm³/mol. The summed E-state index contributed by atoms with van der Waals surface area (Å²) in [4.78, 5) is 25.1. The molecule has 0 aromatic heterocycles. The molecule has 0 radical (unpaired) electrons. The van der Waals surface area contributed by atoms with Crippen molar-refractivity contribution in [2.24, 2.45) is 0 Å². The summed E-state index contributed by atoms with van der Waals surface area (Å²) in [7, 11) is 1.52. The van der Waals surface area contributed by atoms with Gasteiger partial charge in [0.2, 0.25) is 0 Å². The molecule has 0 heterocycles. The Morgan fingerprint density at radius 1 is 1.09 bits per heavy atom. The number of carboxylic acid groups (broad SMARTS) is 1. The minimum absolute atomic E-state index is 0.0253. The van der Waals surface area contributed by atoms with Crippen LogP contribution in [0.2, 0.25) is 0 Å². The zero-order valence-electron chi connectivity index (χ0n) is 19.7. The number of carboxylic acids is 1. The number of unbranched alkanes of at least 4 members (excludes halogenated alkanes) is 2. The number of carbonyl (C=O) groups excluding carboxylic acids is 1. The lowest BCUT2D eigenvalue weighted by molar-refractivity contribution is -0.150. The third-order valence-electron chi connectivity index (χ3n) is 4.88. The summed E-state index contributed by atoms with van der Waals surface area (Å²) in [5, 5.41) is 11.9. The normalized spacial score (nSPS) is 12.3. The number of aliphatic carboxylic acids is 1. The number of benzene rings is 1. The van der Waals surface area contributed by atoms with Gasteiger partial charge in [0.25, 0.3) is 0 Å². The van der Waals surface area contributed by atoms with E-state index < -0.39 is 24.7 Å². The molecular weight excluding hydrogens is 457 g/mol. The van der Waals surface area contributed by atoms with Crippen molar-refractivity contribution in [3.8, 4) is 5.75 Å². The van der Waals surface area contributed by atoms with Gasteiger partial charge in [0.1, 0.15) is 12.4 Å². The van der Waals surface area contributed by atoms with Crippen LogP contribution in [-0.2, 0) is 20.7 Å². The zero-order chi connectivity index (χ0) is 25.4. The highest BCUT2D eigenvalue weighted by Gasteiger charge is 2.26. The summed E-state index contributed by atoms with van der Waals surface area (Å²) in [5.41, 5.74) is 0.784. The van der Waals surface area contributed by atoms with Crippen LogP contribution in [0, 0.1) is 0 Å². The van der Waals surface area contributed by atoms with Crippen molar-refractivity contribution in [3.05, 3.63) is 29.8 Å². The van der Waals surface area contributed by atoms with Crippen LogP contribution in [-0.4, -0.2) is 80.9 Å². The number of hydrogen-bond donors (Lipinski definition) is 2. The third kappa shape index (κ3) is 13.2. The molecule has 0 spiro atoms. The van der Waals surface area contributed by atoms with E-state index in [2.05, 4.69) is 5.32 Å². The van der Waals surface area contributed by atoms with Crippen LogP contribution < -0.4 is 10.1 Å². The second-order valence-corrected chi connectivity index (χ2v) is 7.62. The van der Waals surface area contributed by atoms with E-state index >= 15 is 0 Å². The molecule has 1 aromatic rings. The van der Waals surface area contributed by atoms with Crippen LogP contribution in [0.4, 0.5) is 18.0 Å². The van der Waals surface area contributed by atoms with Crippen LogP contribution >= 0.6 is 0 Å². The van der Waals surface area contributed by atoms with Crippen molar-refractivity contribution in [3.63, 3.8) is 0 Å². The first-order chi connectivity index (χ1) is 16.2. The van der Waals surface area contributed by atoms with E-state index in [1.165, 1.54) is 12.0 Å². The summed E-state index contributed by atoms with van der Waals surface area (Å²) in [6, 6.07) is 6.59. The summed E-state index contributed by atoms with van der Waals surface area (Å²) in [5.74, 6) is -0.471. The van der Waals surface area contributed by atoms with Gasteiger partial charge in [-0.2, -0.15) is 13.2 Å². The second kappa shape index (κ2) is 16.2. The molecule has 0 bridgehead atoms. The maximum Gasteiger partial charge on any atom is 0.389 e. The summed E-state index contributed by atoms with van der Waals surface area (Å²) < 4.78 is 52.7. The molecule has 1 aromatic carbocycles. The molecule has 11 heteroatoms. The van der Waals surface area contributed by atoms with E-state index in [0.717, 1.165) is 5.56 Å². The molecule has 2 N–H and O–H groups in total. The SMILES string of the molecule is CCOC(Cc1ccc(OCCN(CCCCCC(F)(F)F)C(=O)NCCOC)cc1)C(=O)O. The van der Waals surface area contributed by atoms with Gasteiger partial charge in [-0.3, -0.25) is 0 Å². The highest BCUT2D eigenvalue weighted by molar-refractivity contribution is 5.74. The number of ether oxygens (including phenoxy) is 3. The molecular formula is C23H35F3N2O6. The quantitative estimate of drug-likeness (QED) is 0.321. The van der Waals surface area contributed by atoms with Crippen LogP contribution in [0.1, 0.15) is 38.2 Å². The third-order valence-corrected chi connectivity index (χ3v) is 4.88. The first kappa shape index (κ1) is 29.5. The van der Waals surface area contributed by atoms with Crippen molar-refractivity contribution in [1.82, 2.24) is 10.2 Å². The minimum Gasteiger partial charge on any atom is -0.492 e. The largest absolute Gasteiger partial charge is 0.492 e. The number of rotatable bonds is 17. The smallest absolute Gasteiger partial charge is 0.389 e. The van der Waals surface area contributed by atoms with Gasteiger partial charge in [-0.25, -0.2) is 9.59 Å². The van der Waals surface area contributed by atoms with Gasteiger partial charge in [0.15, 0.2) is 6.10 Å². The highest BCUT2D eigenvalue weighted by Crippen LogP contribution is 2.22. The number of halogens is 3. The van der Waals surface area contributed by atoms with Crippen molar-refractivity contribution in [2.75, 3.05) is 46.6 Å². The maximum absolute atomic E-state index is 12.4. The van der Waals surface area contributed by atoms with Crippen molar-refractivity contribution in [1.29, 1.82) is 0 Å². The molecule has 8 nitrogen and oxygen atoms in total. The number of carbonyl (C=O) groups is 2. The topological polar surface area (TPSA) is 97.3 Å². The Morgan fingerprint density at radius 3 is 2.38 bits per heavy atom. The van der Waals surface area contributed by atoms with E-state index in [1.807, 2.05) is 0 Å². The standard InChI is InChI=1S/C23H35F3N2O6/c1-3-33-20(21(29)30)17-18-7-9-19(10-8-18)34-16-14-28(22(31)27-12-15-32-2)13-6-4-5-11-23(24,25)26/h7-10,20H,3-6,11-17H2,1-2H3,(H,27,31)(H,29,30). The second-order valence-electron chi connectivity index (χ2n) is 7.62. The van der Waals surface area contributed by atoms with Crippen LogP contribution in [0.5, 0.6) is 5.75 Å². The zero-order valence-corrected chi connectivity index (χ0v) is 19.7. The Morgan fingerprint density at radius 2 is 1.79 bits per heavy atom. The first-order valence-corrected chi connectivity index (χ1v) is 11.3. The van der Waals surface area contributed by atoms with E-state index in [1.54, 1.807) is 31.2 Å². The van der Waals surface area contributed by atoms with Crippen LogP contribution in [0.25, 0.3) is 0 Å². The molecule has 0 aliphatic heterocycles. The lowest BCUT2D eigenvalue weighted by atomic mass is 10.1. The monoisotopic (exact) mass is 492 g/mol. The number of amides is 2. The molecule has 1 rings (SSSR count). The molecule has 0 aliphatic rings. The molecule has 1 unspecified atom stereocenters. The van der Waals surface area contributed by atoms with Crippen LogP contribution in [0.15, 0.2) is 24.3 Å². The Balaban J connectivity index is 2.53. The fraction of sp³-hybridized carbons (Fsp3) is 0.652. The molecule has 1 atom stereocenters. The molecule has 0 saturated heterocycles. The van der Waals surface area contributed by atoms with Gasteiger partial charge >= 0.3 is 18.2 Å². The van der Waals surface area contributed by atoms with E-state index in [-0.39, 0.29) is 32.0 Å². The van der Waals surface area contributed by atoms with E-state index in [0.29, 0.717) is 44.9 Å². The number of alkyl halides is 3. The number of nitrogens with one attached hydrogen (secondary N) is 1. The minimum atomic E-state index is -4.17. The molecule has 194 valence electrons. The number of methoxy groups -OCH3 is 1. The highest BCUT2D eigenvalue weighted by atomic mass is 19.4. The molecule has 0 fully saturated rings.